The molecule has 0 spiro atoms. The van der Waals surface area contributed by atoms with E-state index in [9.17, 15) is 0 Å². The van der Waals surface area contributed by atoms with Crippen molar-refractivity contribution in [3.8, 4) is 10.7 Å². The average molecular weight is 356 g/mol. The first-order chi connectivity index (χ1) is 9.76. The molecule has 1 N–H and O–H groups in total. The van der Waals surface area contributed by atoms with E-state index >= 15 is 0 Å². The van der Waals surface area contributed by atoms with Crippen LogP contribution < -0.4 is 5.32 Å². The van der Waals surface area contributed by atoms with E-state index in [4.69, 9.17) is 4.52 Å². The molecule has 1 saturated carbocycles. The highest BCUT2D eigenvalue weighted by atomic mass is 79.9. The van der Waals surface area contributed by atoms with Gasteiger partial charge >= 0.3 is 0 Å². The van der Waals surface area contributed by atoms with Gasteiger partial charge in [-0.25, -0.2) is 0 Å². The first-order valence-corrected chi connectivity index (χ1v) is 8.68. The monoisotopic (exact) mass is 355 g/mol. The van der Waals surface area contributed by atoms with Crippen molar-refractivity contribution in [1.29, 1.82) is 0 Å². The zero-order chi connectivity index (χ0) is 13.9. The Morgan fingerprint density at radius 3 is 2.95 bits per heavy atom. The van der Waals surface area contributed by atoms with Gasteiger partial charge in [0.1, 0.15) is 0 Å². The van der Waals surface area contributed by atoms with Gasteiger partial charge in [0.2, 0.25) is 11.7 Å². The zero-order valence-corrected chi connectivity index (χ0v) is 13.8. The van der Waals surface area contributed by atoms with Crippen LogP contribution in [0, 0.1) is 5.92 Å². The van der Waals surface area contributed by atoms with E-state index in [2.05, 4.69) is 31.4 Å². The van der Waals surface area contributed by atoms with E-state index in [0.717, 1.165) is 27.6 Å². The number of thiophene rings is 1. The van der Waals surface area contributed by atoms with Crippen LogP contribution in [0.4, 0.5) is 0 Å². The van der Waals surface area contributed by atoms with Gasteiger partial charge in [0.15, 0.2) is 0 Å². The maximum Gasteiger partial charge on any atom is 0.228 e. The molecule has 6 heteroatoms. The summed E-state index contributed by atoms with van der Waals surface area (Å²) in [6, 6.07) is 2.46. The molecule has 0 amide bonds. The number of rotatable bonds is 5. The second-order valence-electron chi connectivity index (χ2n) is 5.28. The number of nitrogens with one attached hydrogen (secondary N) is 1. The van der Waals surface area contributed by atoms with Gasteiger partial charge in [-0.1, -0.05) is 18.0 Å². The molecule has 108 valence electrons. The Morgan fingerprint density at radius 2 is 2.30 bits per heavy atom. The zero-order valence-electron chi connectivity index (χ0n) is 11.4. The molecule has 0 saturated heterocycles. The minimum Gasteiger partial charge on any atom is -0.339 e. The third-order valence-corrected chi connectivity index (χ3v) is 5.68. The molecular weight excluding hydrogens is 338 g/mol. The van der Waals surface area contributed by atoms with Gasteiger partial charge in [-0.05, 0) is 47.8 Å². The average Bonchev–Trinajstić information content (AvgIpc) is 3.16. The fraction of sp³-hybridized carbons (Fsp3) is 0.571. The summed E-state index contributed by atoms with van der Waals surface area (Å²) in [6.45, 7) is 0. The van der Waals surface area contributed by atoms with Crippen molar-refractivity contribution in [1.82, 2.24) is 15.5 Å². The molecule has 1 aliphatic carbocycles. The first-order valence-electron chi connectivity index (χ1n) is 7.00. The minimum atomic E-state index is 0.445. The molecule has 20 heavy (non-hydrogen) atoms. The number of hydrogen-bond acceptors (Lipinski definition) is 5. The predicted molar refractivity (Wildman–Crippen MR) is 83.8 cm³/mol. The van der Waals surface area contributed by atoms with Crippen LogP contribution in [0.3, 0.4) is 0 Å². The molecule has 2 heterocycles. The van der Waals surface area contributed by atoms with Crippen molar-refractivity contribution in [2.45, 2.75) is 38.1 Å². The topological polar surface area (TPSA) is 51.0 Å². The van der Waals surface area contributed by atoms with Crippen LogP contribution in [-0.4, -0.2) is 23.2 Å². The van der Waals surface area contributed by atoms with E-state index in [-0.39, 0.29) is 0 Å². The van der Waals surface area contributed by atoms with Crippen molar-refractivity contribution in [2.24, 2.45) is 5.92 Å². The fourth-order valence-electron chi connectivity index (χ4n) is 2.92. The lowest BCUT2D eigenvalue weighted by molar-refractivity contribution is 0.318. The highest BCUT2D eigenvalue weighted by Gasteiger charge is 2.25. The maximum absolute atomic E-state index is 5.41. The molecule has 1 unspecified atom stereocenters. The summed E-state index contributed by atoms with van der Waals surface area (Å²) in [5, 5.41) is 9.53. The van der Waals surface area contributed by atoms with Crippen molar-refractivity contribution in [2.75, 3.05) is 7.05 Å². The molecule has 0 bridgehead atoms. The molecule has 4 nitrogen and oxygen atoms in total. The van der Waals surface area contributed by atoms with Crippen molar-refractivity contribution in [3.63, 3.8) is 0 Å². The van der Waals surface area contributed by atoms with Gasteiger partial charge in [0, 0.05) is 22.3 Å². The Labute approximate surface area is 131 Å². The van der Waals surface area contributed by atoms with Gasteiger partial charge in [-0.15, -0.1) is 11.3 Å². The van der Waals surface area contributed by atoms with Crippen LogP contribution in [-0.2, 0) is 6.42 Å². The predicted octanol–water partition coefficient (Wildman–Crippen LogP) is 3.88. The SMILES string of the molecule is CNC(Cc1nc(-c2cc(Br)cs2)no1)C1CCCC1. The van der Waals surface area contributed by atoms with Gasteiger partial charge in [-0.3, -0.25) is 0 Å². The number of likely N-dealkylation sites (N-methyl/N-ethyl adjacent to an activating group) is 1. The van der Waals surface area contributed by atoms with Crippen LogP contribution in [0.15, 0.2) is 20.4 Å². The quantitative estimate of drug-likeness (QED) is 0.883. The van der Waals surface area contributed by atoms with Gasteiger partial charge in [0.25, 0.3) is 0 Å². The Hall–Kier alpha value is -0.720. The number of aromatic nitrogens is 2. The Bertz CT molecular complexity index is 562. The summed E-state index contributed by atoms with van der Waals surface area (Å²) in [5.74, 6) is 2.17. The minimum absolute atomic E-state index is 0.445. The van der Waals surface area contributed by atoms with Crippen LogP contribution in [0.5, 0.6) is 0 Å². The lowest BCUT2D eigenvalue weighted by atomic mass is 9.95. The molecule has 3 rings (SSSR count). The molecule has 1 aliphatic rings. The lowest BCUT2D eigenvalue weighted by Crippen LogP contribution is -2.34. The molecule has 0 radical (unpaired) electrons. The maximum atomic E-state index is 5.41. The van der Waals surface area contributed by atoms with Crippen LogP contribution in [0.25, 0.3) is 10.7 Å². The summed E-state index contributed by atoms with van der Waals surface area (Å²) in [4.78, 5) is 5.56. The molecule has 2 aromatic heterocycles. The Kier molecular flexibility index (Phi) is 4.53. The van der Waals surface area contributed by atoms with Crippen molar-refractivity contribution < 1.29 is 4.52 Å². The third kappa shape index (κ3) is 3.13. The van der Waals surface area contributed by atoms with E-state index in [0.29, 0.717) is 11.9 Å². The molecule has 1 atom stereocenters. The summed E-state index contributed by atoms with van der Waals surface area (Å²) >= 11 is 5.07. The van der Waals surface area contributed by atoms with E-state index < -0.39 is 0 Å². The second kappa shape index (κ2) is 6.37. The van der Waals surface area contributed by atoms with Gasteiger partial charge in [0.05, 0.1) is 4.88 Å². The number of hydrogen-bond donors (Lipinski definition) is 1. The van der Waals surface area contributed by atoms with Gasteiger partial charge < -0.3 is 9.84 Å². The fourth-order valence-corrected chi connectivity index (χ4v) is 4.27. The van der Waals surface area contributed by atoms with E-state index in [1.54, 1.807) is 11.3 Å². The molecule has 2 aromatic rings. The molecule has 0 aromatic carbocycles. The van der Waals surface area contributed by atoms with E-state index in [1.807, 2.05) is 18.5 Å². The summed E-state index contributed by atoms with van der Waals surface area (Å²) < 4.78 is 6.47. The smallest absolute Gasteiger partial charge is 0.228 e. The van der Waals surface area contributed by atoms with Gasteiger partial charge in [-0.2, -0.15) is 4.98 Å². The molecule has 0 aliphatic heterocycles. The second-order valence-corrected chi connectivity index (χ2v) is 7.11. The molecule has 1 fully saturated rings. The van der Waals surface area contributed by atoms with Crippen LogP contribution in [0.1, 0.15) is 31.6 Å². The summed E-state index contributed by atoms with van der Waals surface area (Å²) in [5.41, 5.74) is 0. The Balaban J connectivity index is 1.69. The lowest BCUT2D eigenvalue weighted by Gasteiger charge is -2.20. The standard InChI is InChI=1S/C14H18BrN3OS/c1-16-11(9-4-2-3-5-9)7-13-17-14(18-19-13)12-6-10(15)8-20-12/h6,8-9,11,16H,2-5,7H2,1H3. The van der Waals surface area contributed by atoms with Crippen LogP contribution in [0.2, 0.25) is 0 Å². The highest BCUT2D eigenvalue weighted by Crippen LogP contribution is 2.30. The Morgan fingerprint density at radius 1 is 1.50 bits per heavy atom. The molecular formula is C14H18BrN3OS. The first kappa shape index (κ1) is 14.2. The summed E-state index contributed by atoms with van der Waals surface area (Å²) in [7, 11) is 2.02. The number of nitrogens with zero attached hydrogens (tertiary/aromatic N) is 2. The normalized spacial score (nSPS) is 17.7. The van der Waals surface area contributed by atoms with Crippen LogP contribution >= 0.6 is 27.3 Å². The van der Waals surface area contributed by atoms with E-state index in [1.165, 1.54) is 25.7 Å². The summed E-state index contributed by atoms with van der Waals surface area (Å²) in [6.07, 6.45) is 6.14. The number of halogens is 1. The third-order valence-electron chi connectivity index (χ3n) is 3.99. The van der Waals surface area contributed by atoms with Crippen molar-refractivity contribution in [3.05, 3.63) is 21.8 Å². The highest BCUT2D eigenvalue weighted by molar-refractivity contribution is 9.10. The largest absolute Gasteiger partial charge is 0.339 e. The van der Waals surface area contributed by atoms with Crippen molar-refractivity contribution >= 4 is 27.3 Å².